The van der Waals surface area contributed by atoms with Crippen molar-refractivity contribution in [3.05, 3.63) is 0 Å². The van der Waals surface area contributed by atoms with Gasteiger partial charge in [0.1, 0.15) is 0 Å². The molecule has 1 fully saturated rings. The second kappa shape index (κ2) is 3.44. The van der Waals surface area contributed by atoms with Crippen LogP contribution in [0.4, 0.5) is 0 Å². The van der Waals surface area contributed by atoms with Gasteiger partial charge < -0.3 is 4.84 Å². The molecule has 1 aliphatic heterocycles. The van der Waals surface area contributed by atoms with Crippen molar-refractivity contribution in [2.45, 2.75) is 33.7 Å². The summed E-state index contributed by atoms with van der Waals surface area (Å²) in [4.78, 5) is 16.4. The molecule has 0 amide bonds. The number of hydroxylamine groups is 2. The highest BCUT2D eigenvalue weighted by Crippen LogP contribution is 2.23. The SMILES string of the molecule is CC(C)C1CN(C(C)C)OC1=O. The van der Waals surface area contributed by atoms with Gasteiger partial charge in [-0.25, -0.2) is 4.79 Å². The second-order valence-electron chi connectivity index (χ2n) is 3.95. The molecule has 1 atom stereocenters. The van der Waals surface area contributed by atoms with E-state index >= 15 is 0 Å². The average Bonchev–Trinajstić information content (AvgIpc) is 2.30. The molecule has 12 heavy (non-hydrogen) atoms. The molecule has 0 aromatic rings. The molecule has 1 unspecified atom stereocenters. The Morgan fingerprint density at radius 3 is 2.25 bits per heavy atom. The van der Waals surface area contributed by atoms with Crippen molar-refractivity contribution in [3.63, 3.8) is 0 Å². The number of nitrogens with zero attached hydrogens (tertiary/aromatic N) is 1. The molecule has 0 radical (unpaired) electrons. The highest BCUT2D eigenvalue weighted by Gasteiger charge is 2.36. The molecule has 1 rings (SSSR count). The predicted molar refractivity (Wildman–Crippen MR) is 46.3 cm³/mol. The maximum absolute atomic E-state index is 11.3. The quantitative estimate of drug-likeness (QED) is 0.629. The van der Waals surface area contributed by atoms with Crippen LogP contribution in [0.2, 0.25) is 0 Å². The lowest BCUT2D eigenvalue weighted by atomic mass is 9.97. The summed E-state index contributed by atoms with van der Waals surface area (Å²) in [6.07, 6.45) is 0. The highest BCUT2D eigenvalue weighted by molar-refractivity contribution is 5.74. The van der Waals surface area contributed by atoms with Crippen molar-refractivity contribution >= 4 is 5.97 Å². The minimum absolute atomic E-state index is 0.0624. The van der Waals surface area contributed by atoms with Crippen molar-refractivity contribution in [3.8, 4) is 0 Å². The molecule has 0 saturated carbocycles. The van der Waals surface area contributed by atoms with E-state index in [0.717, 1.165) is 6.54 Å². The molecule has 1 aliphatic rings. The summed E-state index contributed by atoms with van der Waals surface area (Å²) >= 11 is 0. The molecule has 0 aromatic carbocycles. The summed E-state index contributed by atoms with van der Waals surface area (Å²) in [6, 6.07) is 0.290. The Bertz CT molecular complexity index is 177. The van der Waals surface area contributed by atoms with E-state index in [2.05, 4.69) is 13.8 Å². The standard InChI is InChI=1S/C9H17NO2/c1-6(2)8-5-10(7(3)4)12-9(8)11/h6-8H,5H2,1-4H3. The minimum atomic E-state index is -0.0706. The number of carbonyl (C=O) groups is 1. The van der Waals surface area contributed by atoms with E-state index < -0.39 is 0 Å². The van der Waals surface area contributed by atoms with Gasteiger partial charge in [0.15, 0.2) is 0 Å². The average molecular weight is 171 g/mol. The van der Waals surface area contributed by atoms with Gasteiger partial charge in [-0.05, 0) is 19.8 Å². The Hall–Kier alpha value is -0.570. The molecule has 3 heteroatoms. The zero-order valence-corrected chi connectivity index (χ0v) is 8.20. The van der Waals surface area contributed by atoms with Gasteiger partial charge in [-0.1, -0.05) is 13.8 Å². The van der Waals surface area contributed by atoms with E-state index in [4.69, 9.17) is 4.84 Å². The first kappa shape index (κ1) is 9.52. The van der Waals surface area contributed by atoms with E-state index in [1.807, 2.05) is 13.8 Å². The monoisotopic (exact) mass is 171 g/mol. The summed E-state index contributed by atoms with van der Waals surface area (Å²) in [7, 11) is 0. The summed E-state index contributed by atoms with van der Waals surface area (Å²) in [5.74, 6) is 0.368. The maximum atomic E-state index is 11.3. The van der Waals surface area contributed by atoms with E-state index in [9.17, 15) is 4.79 Å². The molecular weight excluding hydrogens is 154 g/mol. The van der Waals surface area contributed by atoms with Crippen molar-refractivity contribution in [1.29, 1.82) is 0 Å². The summed E-state index contributed by atoms with van der Waals surface area (Å²) in [6.45, 7) is 8.89. The fraction of sp³-hybridized carbons (Fsp3) is 0.889. The third kappa shape index (κ3) is 1.78. The first-order valence-corrected chi connectivity index (χ1v) is 4.50. The van der Waals surface area contributed by atoms with E-state index in [-0.39, 0.29) is 17.9 Å². The van der Waals surface area contributed by atoms with Crippen LogP contribution in [-0.2, 0) is 9.63 Å². The lowest BCUT2D eigenvalue weighted by Gasteiger charge is -2.16. The van der Waals surface area contributed by atoms with Crippen LogP contribution in [0.3, 0.4) is 0 Å². The Kier molecular flexibility index (Phi) is 2.73. The molecule has 1 heterocycles. The Morgan fingerprint density at radius 1 is 1.42 bits per heavy atom. The van der Waals surface area contributed by atoms with Crippen LogP contribution >= 0.6 is 0 Å². The fourth-order valence-electron chi connectivity index (χ4n) is 1.29. The van der Waals surface area contributed by atoms with Gasteiger partial charge >= 0.3 is 5.97 Å². The smallest absolute Gasteiger partial charge is 0.329 e. The van der Waals surface area contributed by atoms with Crippen molar-refractivity contribution in [2.24, 2.45) is 11.8 Å². The molecular formula is C9H17NO2. The Labute approximate surface area is 73.6 Å². The van der Waals surface area contributed by atoms with Crippen LogP contribution in [-0.4, -0.2) is 23.6 Å². The zero-order valence-electron chi connectivity index (χ0n) is 8.20. The lowest BCUT2D eigenvalue weighted by molar-refractivity contribution is -0.177. The van der Waals surface area contributed by atoms with E-state index in [1.54, 1.807) is 5.06 Å². The molecule has 0 aromatic heterocycles. The third-order valence-corrected chi connectivity index (χ3v) is 2.27. The number of rotatable bonds is 2. The van der Waals surface area contributed by atoms with Gasteiger partial charge in [-0.2, -0.15) is 0 Å². The van der Waals surface area contributed by atoms with Gasteiger partial charge in [-0.15, -0.1) is 5.06 Å². The van der Waals surface area contributed by atoms with Gasteiger partial charge in [-0.3, -0.25) is 0 Å². The summed E-state index contributed by atoms with van der Waals surface area (Å²) in [5.41, 5.74) is 0. The molecule has 0 bridgehead atoms. The molecule has 0 N–H and O–H groups in total. The fourth-order valence-corrected chi connectivity index (χ4v) is 1.29. The van der Waals surface area contributed by atoms with Crippen LogP contribution < -0.4 is 0 Å². The number of carbonyl (C=O) groups excluding carboxylic acids is 1. The van der Waals surface area contributed by atoms with Gasteiger partial charge in [0.25, 0.3) is 0 Å². The van der Waals surface area contributed by atoms with Crippen LogP contribution in [0.5, 0.6) is 0 Å². The van der Waals surface area contributed by atoms with E-state index in [1.165, 1.54) is 0 Å². The van der Waals surface area contributed by atoms with Crippen molar-refractivity contribution < 1.29 is 9.63 Å². The van der Waals surface area contributed by atoms with Crippen LogP contribution in [0.15, 0.2) is 0 Å². The van der Waals surface area contributed by atoms with Crippen LogP contribution in [0.25, 0.3) is 0 Å². The Morgan fingerprint density at radius 2 is 2.00 bits per heavy atom. The second-order valence-corrected chi connectivity index (χ2v) is 3.95. The maximum Gasteiger partial charge on any atom is 0.329 e. The van der Waals surface area contributed by atoms with Crippen molar-refractivity contribution in [1.82, 2.24) is 5.06 Å². The summed E-state index contributed by atoms with van der Waals surface area (Å²) < 4.78 is 0. The minimum Gasteiger partial charge on any atom is -0.367 e. The first-order chi connectivity index (χ1) is 5.52. The zero-order chi connectivity index (χ0) is 9.30. The normalized spacial score (nSPS) is 25.5. The molecule has 1 saturated heterocycles. The third-order valence-electron chi connectivity index (χ3n) is 2.27. The first-order valence-electron chi connectivity index (χ1n) is 4.50. The summed E-state index contributed by atoms with van der Waals surface area (Å²) in [5, 5.41) is 1.76. The molecule has 70 valence electrons. The largest absolute Gasteiger partial charge is 0.367 e. The van der Waals surface area contributed by atoms with Gasteiger partial charge in [0.05, 0.1) is 5.92 Å². The topological polar surface area (TPSA) is 29.5 Å². The van der Waals surface area contributed by atoms with Crippen molar-refractivity contribution in [2.75, 3.05) is 6.54 Å². The predicted octanol–water partition coefficient (Wildman–Crippen LogP) is 1.44. The van der Waals surface area contributed by atoms with E-state index in [0.29, 0.717) is 5.92 Å². The molecule has 0 spiro atoms. The number of hydrogen-bond donors (Lipinski definition) is 0. The van der Waals surface area contributed by atoms with Gasteiger partial charge in [0.2, 0.25) is 0 Å². The van der Waals surface area contributed by atoms with Crippen LogP contribution in [0.1, 0.15) is 27.7 Å². The lowest BCUT2D eigenvalue weighted by Crippen LogP contribution is -2.27. The Balaban J connectivity index is 2.56. The van der Waals surface area contributed by atoms with Gasteiger partial charge in [0, 0.05) is 12.6 Å². The highest BCUT2D eigenvalue weighted by atomic mass is 16.7. The van der Waals surface area contributed by atoms with Crippen LogP contribution in [0, 0.1) is 11.8 Å². The molecule has 0 aliphatic carbocycles. The number of hydrogen-bond acceptors (Lipinski definition) is 3. The molecule has 3 nitrogen and oxygen atoms in total.